The molecule has 0 fully saturated rings. The summed E-state index contributed by atoms with van der Waals surface area (Å²) in [4.78, 5) is 8.48. The maximum Gasteiger partial charge on any atom is 0.0889 e. The van der Waals surface area contributed by atoms with Crippen LogP contribution in [0.4, 0.5) is 0 Å². The maximum atomic E-state index is 4.26. The van der Waals surface area contributed by atoms with Gasteiger partial charge >= 0.3 is 0 Å². The fourth-order valence-corrected chi connectivity index (χ4v) is 1.41. The average Bonchev–Trinajstić information content (AvgIpc) is 2.29. The Bertz CT molecular complexity index is 521. The van der Waals surface area contributed by atoms with Crippen LogP contribution in [0.5, 0.6) is 0 Å². The van der Waals surface area contributed by atoms with E-state index in [0.717, 1.165) is 23.9 Å². The van der Waals surface area contributed by atoms with E-state index >= 15 is 0 Å². The molecule has 0 aliphatic heterocycles. The van der Waals surface area contributed by atoms with Crippen LogP contribution in [0.1, 0.15) is 18.9 Å². The van der Waals surface area contributed by atoms with Gasteiger partial charge in [0, 0.05) is 25.2 Å². The smallest absolute Gasteiger partial charge is 0.0889 e. The first-order valence-electron chi connectivity index (χ1n) is 5.05. The zero-order valence-electron chi connectivity index (χ0n) is 8.70. The van der Waals surface area contributed by atoms with Crippen molar-refractivity contribution in [3.05, 3.63) is 36.2 Å². The van der Waals surface area contributed by atoms with Gasteiger partial charge in [0.1, 0.15) is 0 Å². The first-order chi connectivity index (χ1) is 7.40. The molecule has 15 heavy (non-hydrogen) atoms. The fourth-order valence-electron chi connectivity index (χ4n) is 1.41. The van der Waals surface area contributed by atoms with Crippen molar-refractivity contribution in [2.75, 3.05) is 0 Å². The van der Waals surface area contributed by atoms with Crippen LogP contribution in [-0.4, -0.2) is 9.97 Å². The van der Waals surface area contributed by atoms with Crippen LogP contribution in [-0.2, 0) is 6.42 Å². The number of benzene rings is 1. The lowest BCUT2D eigenvalue weighted by atomic mass is 10.1. The molecule has 0 bridgehead atoms. The fraction of sp³-hybridized carbons (Fsp3) is 0.231. The van der Waals surface area contributed by atoms with Gasteiger partial charge in [-0.1, -0.05) is 18.9 Å². The zero-order chi connectivity index (χ0) is 10.5. The summed E-state index contributed by atoms with van der Waals surface area (Å²) in [5.41, 5.74) is 3.07. The third-order valence-electron chi connectivity index (χ3n) is 2.13. The molecule has 0 saturated heterocycles. The molecule has 0 radical (unpaired) electrons. The minimum absolute atomic E-state index is 0.792. The summed E-state index contributed by atoms with van der Waals surface area (Å²) in [5.74, 6) is 6.18. The van der Waals surface area contributed by atoms with Crippen molar-refractivity contribution in [3.63, 3.8) is 0 Å². The SMILES string of the molecule is CCC#CCc1ccc2nccnc2c1. The Labute approximate surface area is 89.4 Å². The van der Waals surface area contributed by atoms with E-state index in [4.69, 9.17) is 0 Å². The Morgan fingerprint density at radius 3 is 2.67 bits per heavy atom. The molecule has 2 aromatic rings. The van der Waals surface area contributed by atoms with Crippen LogP contribution < -0.4 is 0 Å². The minimum atomic E-state index is 0.792. The highest BCUT2D eigenvalue weighted by Gasteiger charge is 1.96. The lowest BCUT2D eigenvalue weighted by molar-refractivity contribution is 1.24. The Balaban J connectivity index is 2.30. The van der Waals surface area contributed by atoms with Crippen LogP contribution in [0.15, 0.2) is 30.6 Å². The number of rotatable bonds is 1. The number of hydrogen-bond acceptors (Lipinski definition) is 2. The van der Waals surface area contributed by atoms with Gasteiger partial charge in [0.05, 0.1) is 11.0 Å². The van der Waals surface area contributed by atoms with E-state index in [1.807, 2.05) is 12.1 Å². The molecule has 0 saturated carbocycles. The molecule has 0 atom stereocenters. The molecule has 2 rings (SSSR count). The molecular formula is C13H12N2. The molecule has 0 aliphatic carbocycles. The van der Waals surface area contributed by atoms with Gasteiger partial charge in [0.15, 0.2) is 0 Å². The van der Waals surface area contributed by atoms with Crippen molar-refractivity contribution in [2.45, 2.75) is 19.8 Å². The number of fused-ring (bicyclic) bond motifs is 1. The second-order valence-corrected chi connectivity index (χ2v) is 3.26. The van der Waals surface area contributed by atoms with Gasteiger partial charge in [0.2, 0.25) is 0 Å². The third kappa shape index (κ3) is 2.32. The van der Waals surface area contributed by atoms with E-state index < -0.39 is 0 Å². The molecule has 0 N–H and O–H groups in total. The number of nitrogens with zero attached hydrogens (tertiary/aromatic N) is 2. The predicted molar refractivity (Wildman–Crippen MR) is 61.3 cm³/mol. The molecule has 2 nitrogen and oxygen atoms in total. The van der Waals surface area contributed by atoms with E-state index in [0.29, 0.717) is 0 Å². The highest BCUT2D eigenvalue weighted by molar-refractivity contribution is 5.74. The molecular weight excluding hydrogens is 184 g/mol. The summed E-state index contributed by atoms with van der Waals surface area (Å²) in [7, 11) is 0. The van der Waals surface area contributed by atoms with E-state index in [-0.39, 0.29) is 0 Å². The van der Waals surface area contributed by atoms with E-state index in [1.54, 1.807) is 12.4 Å². The molecule has 0 spiro atoms. The molecule has 74 valence electrons. The van der Waals surface area contributed by atoms with Gasteiger partial charge in [0.25, 0.3) is 0 Å². The lowest BCUT2D eigenvalue weighted by Gasteiger charge is -1.98. The van der Waals surface area contributed by atoms with Crippen molar-refractivity contribution >= 4 is 11.0 Å². The van der Waals surface area contributed by atoms with Crippen molar-refractivity contribution in [1.82, 2.24) is 9.97 Å². The van der Waals surface area contributed by atoms with Crippen molar-refractivity contribution in [1.29, 1.82) is 0 Å². The van der Waals surface area contributed by atoms with Crippen LogP contribution in [0, 0.1) is 11.8 Å². The van der Waals surface area contributed by atoms with Crippen molar-refractivity contribution in [3.8, 4) is 11.8 Å². The predicted octanol–water partition coefficient (Wildman–Crippen LogP) is 2.59. The first-order valence-corrected chi connectivity index (χ1v) is 5.05. The Morgan fingerprint density at radius 1 is 1.07 bits per heavy atom. The Hall–Kier alpha value is -1.88. The third-order valence-corrected chi connectivity index (χ3v) is 2.13. The van der Waals surface area contributed by atoms with E-state index in [2.05, 4.69) is 34.8 Å². The highest BCUT2D eigenvalue weighted by Crippen LogP contribution is 2.10. The quantitative estimate of drug-likeness (QED) is 0.655. The van der Waals surface area contributed by atoms with Crippen LogP contribution in [0.2, 0.25) is 0 Å². The lowest BCUT2D eigenvalue weighted by Crippen LogP contribution is -1.86. The summed E-state index contributed by atoms with van der Waals surface area (Å²) in [6.07, 6.45) is 5.12. The average molecular weight is 196 g/mol. The summed E-state index contributed by atoms with van der Waals surface area (Å²) >= 11 is 0. The van der Waals surface area contributed by atoms with Crippen molar-refractivity contribution < 1.29 is 0 Å². The molecule has 0 unspecified atom stereocenters. The van der Waals surface area contributed by atoms with Gasteiger partial charge in [-0.3, -0.25) is 9.97 Å². The minimum Gasteiger partial charge on any atom is -0.253 e. The molecule has 1 aromatic heterocycles. The van der Waals surface area contributed by atoms with E-state index in [1.165, 1.54) is 5.56 Å². The van der Waals surface area contributed by atoms with E-state index in [9.17, 15) is 0 Å². The maximum absolute atomic E-state index is 4.26. The highest BCUT2D eigenvalue weighted by atomic mass is 14.8. The standard InChI is InChI=1S/C13H12N2/c1-2-3-4-5-11-6-7-12-13(10-11)15-9-8-14-12/h6-10H,2,5H2,1H3. The monoisotopic (exact) mass is 196 g/mol. The largest absolute Gasteiger partial charge is 0.253 e. The van der Waals surface area contributed by atoms with Gasteiger partial charge < -0.3 is 0 Å². The summed E-state index contributed by atoms with van der Waals surface area (Å²) < 4.78 is 0. The molecule has 0 aliphatic rings. The second kappa shape index (κ2) is 4.56. The molecule has 0 amide bonds. The molecule has 1 aromatic carbocycles. The van der Waals surface area contributed by atoms with Gasteiger partial charge in [-0.15, -0.1) is 5.92 Å². The second-order valence-electron chi connectivity index (χ2n) is 3.26. The number of hydrogen-bond donors (Lipinski definition) is 0. The van der Waals surface area contributed by atoms with Crippen LogP contribution in [0.3, 0.4) is 0 Å². The summed E-state index contributed by atoms with van der Waals surface area (Å²) in [6, 6.07) is 6.10. The topological polar surface area (TPSA) is 25.8 Å². The normalized spacial score (nSPS) is 9.67. The zero-order valence-corrected chi connectivity index (χ0v) is 8.70. The number of aromatic nitrogens is 2. The van der Waals surface area contributed by atoms with Crippen molar-refractivity contribution in [2.24, 2.45) is 0 Å². The van der Waals surface area contributed by atoms with Crippen LogP contribution >= 0.6 is 0 Å². The van der Waals surface area contributed by atoms with Crippen LogP contribution in [0.25, 0.3) is 11.0 Å². The summed E-state index contributed by atoms with van der Waals surface area (Å²) in [5, 5.41) is 0. The molecule has 2 heteroatoms. The summed E-state index contributed by atoms with van der Waals surface area (Å²) in [6.45, 7) is 2.05. The molecule has 1 heterocycles. The van der Waals surface area contributed by atoms with Gasteiger partial charge in [-0.25, -0.2) is 0 Å². The Morgan fingerprint density at radius 2 is 1.87 bits per heavy atom. The van der Waals surface area contributed by atoms with Gasteiger partial charge in [-0.2, -0.15) is 0 Å². The Kier molecular flexibility index (Phi) is 2.94. The first kappa shape index (κ1) is 9.67. The van der Waals surface area contributed by atoms with Gasteiger partial charge in [-0.05, 0) is 17.7 Å².